The molecule has 0 aliphatic heterocycles. The summed E-state index contributed by atoms with van der Waals surface area (Å²) in [5.74, 6) is 3.18. The van der Waals surface area contributed by atoms with Crippen LogP contribution in [-0.4, -0.2) is 37.2 Å². The zero-order valence-corrected chi connectivity index (χ0v) is 16.4. The first-order valence-corrected chi connectivity index (χ1v) is 9.02. The van der Waals surface area contributed by atoms with Gasteiger partial charge in [0.15, 0.2) is 5.76 Å². The maximum absolute atomic E-state index is 5.88. The van der Waals surface area contributed by atoms with E-state index in [9.17, 15) is 0 Å². The van der Waals surface area contributed by atoms with Crippen LogP contribution in [0.3, 0.4) is 0 Å². The van der Waals surface area contributed by atoms with E-state index in [-0.39, 0.29) is 0 Å². The molecule has 2 aromatic carbocycles. The average Bonchev–Trinajstić information content (AvgIpc) is 3.09. The van der Waals surface area contributed by atoms with Gasteiger partial charge in [0.1, 0.15) is 18.1 Å². The van der Waals surface area contributed by atoms with E-state index in [0.29, 0.717) is 19.0 Å². The highest BCUT2D eigenvalue weighted by atomic mass is 16.5. The van der Waals surface area contributed by atoms with E-state index in [1.165, 1.54) is 11.1 Å². The van der Waals surface area contributed by atoms with Crippen molar-refractivity contribution in [2.24, 2.45) is 0 Å². The first-order valence-electron chi connectivity index (χ1n) is 9.02. The smallest absolute Gasteiger partial charge is 0.209 e. The van der Waals surface area contributed by atoms with E-state index in [2.05, 4.69) is 41.9 Å². The van der Waals surface area contributed by atoms with Crippen LogP contribution in [0.1, 0.15) is 17.0 Å². The lowest BCUT2D eigenvalue weighted by Crippen LogP contribution is -2.24. The summed E-state index contributed by atoms with van der Waals surface area (Å²) >= 11 is 0. The number of benzene rings is 2. The minimum atomic E-state index is 0.617. The van der Waals surface area contributed by atoms with Gasteiger partial charge < -0.3 is 13.9 Å². The van der Waals surface area contributed by atoms with Gasteiger partial charge in [0.25, 0.3) is 0 Å². The molecular weight excluding hydrogens is 340 g/mol. The number of aromatic nitrogens is 1. The summed E-state index contributed by atoms with van der Waals surface area (Å²) in [6, 6.07) is 14.0. The number of nitrogens with zero attached hydrogens (tertiary/aromatic N) is 2. The zero-order valence-electron chi connectivity index (χ0n) is 16.4. The second-order valence-electron chi connectivity index (χ2n) is 6.76. The predicted octanol–water partition coefficient (Wildman–Crippen LogP) is 4.48. The lowest BCUT2D eigenvalue weighted by molar-refractivity contribution is 0.220. The molecule has 0 amide bonds. The van der Waals surface area contributed by atoms with Gasteiger partial charge in [-0.3, -0.25) is 4.90 Å². The van der Waals surface area contributed by atoms with Crippen LogP contribution in [0.2, 0.25) is 0 Å². The molecule has 0 aliphatic rings. The van der Waals surface area contributed by atoms with Gasteiger partial charge in [-0.25, -0.2) is 4.98 Å². The molecule has 0 bridgehead atoms. The molecule has 0 saturated heterocycles. The fourth-order valence-corrected chi connectivity index (χ4v) is 2.92. The second kappa shape index (κ2) is 8.73. The molecule has 3 rings (SSSR count). The molecule has 3 aromatic rings. The fourth-order valence-electron chi connectivity index (χ4n) is 2.92. The third kappa shape index (κ3) is 5.34. The monoisotopic (exact) mass is 366 g/mol. The van der Waals surface area contributed by atoms with E-state index in [1.54, 1.807) is 13.3 Å². The van der Waals surface area contributed by atoms with E-state index in [1.807, 2.05) is 31.3 Å². The van der Waals surface area contributed by atoms with Crippen molar-refractivity contribution in [2.45, 2.75) is 20.4 Å². The SMILES string of the molecule is COc1ccc(-c2cnc(CN(C)CCOc3cc(C)cc(C)c3)o2)cc1. The van der Waals surface area contributed by atoms with E-state index >= 15 is 0 Å². The third-order valence-electron chi connectivity index (χ3n) is 4.27. The third-order valence-corrected chi connectivity index (χ3v) is 4.27. The summed E-state index contributed by atoms with van der Waals surface area (Å²) in [6.07, 6.45) is 1.76. The molecule has 5 nitrogen and oxygen atoms in total. The van der Waals surface area contributed by atoms with E-state index in [4.69, 9.17) is 13.9 Å². The van der Waals surface area contributed by atoms with Gasteiger partial charge in [-0.2, -0.15) is 0 Å². The van der Waals surface area contributed by atoms with Crippen molar-refractivity contribution in [3.8, 4) is 22.8 Å². The number of likely N-dealkylation sites (N-methyl/N-ethyl adjacent to an activating group) is 1. The van der Waals surface area contributed by atoms with Crippen LogP contribution in [0.25, 0.3) is 11.3 Å². The Morgan fingerprint density at radius 3 is 2.37 bits per heavy atom. The average molecular weight is 366 g/mol. The van der Waals surface area contributed by atoms with Crippen molar-refractivity contribution in [1.82, 2.24) is 9.88 Å². The predicted molar refractivity (Wildman–Crippen MR) is 106 cm³/mol. The number of aryl methyl sites for hydroxylation is 2. The minimum absolute atomic E-state index is 0.617. The molecule has 142 valence electrons. The van der Waals surface area contributed by atoms with Crippen LogP contribution in [0.15, 0.2) is 53.1 Å². The Morgan fingerprint density at radius 2 is 1.70 bits per heavy atom. The van der Waals surface area contributed by atoms with Gasteiger partial charge in [0.05, 0.1) is 19.9 Å². The van der Waals surface area contributed by atoms with Crippen molar-refractivity contribution in [1.29, 1.82) is 0 Å². The maximum Gasteiger partial charge on any atom is 0.209 e. The van der Waals surface area contributed by atoms with Crippen molar-refractivity contribution >= 4 is 0 Å². The molecule has 1 heterocycles. The van der Waals surface area contributed by atoms with Crippen LogP contribution >= 0.6 is 0 Å². The van der Waals surface area contributed by atoms with Crippen LogP contribution in [-0.2, 0) is 6.54 Å². The Bertz CT molecular complexity index is 851. The van der Waals surface area contributed by atoms with Crippen LogP contribution in [0.5, 0.6) is 11.5 Å². The number of oxazole rings is 1. The van der Waals surface area contributed by atoms with Crippen molar-refractivity contribution < 1.29 is 13.9 Å². The molecule has 0 fully saturated rings. The number of hydrogen-bond donors (Lipinski definition) is 0. The summed E-state index contributed by atoms with van der Waals surface area (Å²) in [7, 11) is 3.68. The molecule has 0 radical (unpaired) electrons. The molecule has 5 heteroatoms. The summed E-state index contributed by atoms with van der Waals surface area (Å²) in [6.45, 7) is 6.19. The van der Waals surface area contributed by atoms with Gasteiger partial charge in [0, 0.05) is 12.1 Å². The van der Waals surface area contributed by atoms with E-state index < -0.39 is 0 Å². The summed E-state index contributed by atoms with van der Waals surface area (Å²) in [5.41, 5.74) is 3.41. The molecule has 0 spiro atoms. The van der Waals surface area contributed by atoms with Crippen molar-refractivity contribution in [3.05, 3.63) is 65.7 Å². The molecule has 27 heavy (non-hydrogen) atoms. The topological polar surface area (TPSA) is 47.7 Å². The number of methoxy groups -OCH3 is 1. The number of hydrogen-bond acceptors (Lipinski definition) is 5. The Morgan fingerprint density at radius 1 is 1.00 bits per heavy atom. The van der Waals surface area contributed by atoms with Crippen LogP contribution in [0.4, 0.5) is 0 Å². The summed E-state index contributed by atoms with van der Waals surface area (Å²) in [5, 5.41) is 0. The van der Waals surface area contributed by atoms with Crippen LogP contribution in [0, 0.1) is 13.8 Å². The molecule has 0 N–H and O–H groups in total. The molecule has 0 saturated carbocycles. The highest BCUT2D eigenvalue weighted by molar-refractivity contribution is 5.57. The lowest BCUT2D eigenvalue weighted by atomic mass is 10.1. The van der Waals surface area contributed by atoms with Crippen LogP contribution < -0.4 is 9.47 Å². The maximum atomic E-state index is 5.88. The first-order chi connectivity index (χ1) is 13.0. The Labute approximate surface area is 160 Å². The highest BCUT2D eigenvalue weighted by Gasteiger charge is 2.09. The first kappa shape index (κ1) is 19.0. The molecule has 0 atom stereocenters. The largest absolute Gasteiger partial charge is 0.497 e. The minimum Gasteiger partial charge on any atom is -0.497 e. The van der Waals surface area contributed by atoms with Crippen molar-refractivity contribution in [2.75, 3.05) is 27.3 Å². The number of rotatable bonds is 8. The van der Waals surface area contributed by atoms with Gasteiger partial charge in [0.2, 0.25) is 5.89 Å². The number of ether oxygens (including phenoxy) is 2. The Kier molecular flexibility index (Phi) is 6.14. The fraction of sp³-hybridized carbons (Fsp3) is 0.318. The standard InChI is InChI=1S/C22H26N2O3/c1-16-11-17(2)13-20(12-16)26-10-9-24(3)15-22-23-14-21(27-22)18-5-7-19(25-4)8-6-18/h5-8,11-14H,9-10,15H2,1-4H3. The summed E-state index contributed by atoms with van der Waals surface area (Å²) in [4.78, 5) is 6.52. The normalized spacial score (nSPS) is 11.0. The zero-order chi connectivity index (χ0) is 19.2. The van der Waals surface area contributed by atoms with Gasteiger partial charge in [-0.15, -0.1) is 0 Å². The lowest BCUT2D eigenvalue weighted by Gasteiger charge is -2.15. The highest BCUT2D eigenvalue weighted by Crippen LogP contribution is 2.23. The molecule has 0 unspecified atom stereocenters. The summed E-state index contributed by atoms with van der Waals surface area (Å²) < 4.78 is 16.9. The Hall–Kier alpha value is -2.79. The van der Waals surface area contributed by atoms with Gasteiger partial charge >= 0.3 is 0 Å². The quantitative estimate of drug-likeness (QED) is 0.588. The second-order valence-corrected chi connectivity index (χ2v) is 6.76. The van der Waals surface area contributed by atoms with Crippen molar-refractivity contribution in [3.63, 3.8) is 0 Å². The Balaban J connectivity index is 1.50. The van der Waals surface area contributed by atoms with Gasteiger partial charge in [-0.05, 0) is 68.4 Å². The van der Waals surface area contributed by atoms with Gasteiger partial charge in [-0.1, -0.05) is 6.07 Å². The molecular formula is C22H26N2O3. The molecule has 1 aromatic heterocycles. The molecule has 0 aliphatic carbocycles. The van der Waals surface area contributed by atoms with E-state index in [0.717, 1.165) is 29.4 Å².